The molecule has 0 radical (unpaired) electrons. The summed E-state index contributed by atoms with van der Waals surface area (Å²) in [5, 5.41) is 10.3. The predicted molar refractivity (Wildman–Crippen MR) is 99.5 cm³/mol. The molecule has 146 valence electrons. The number of amides is 1. The number of hydrogen-bond donors (Lipinski definition) is 1. The van der Waals surface area contributed by atoms with E-state index in [1.54, 1.807) is 25.1 Å². The van der Waals surface area contributed by atoms with Crippen molar-refractivity contribution in [2.75, 3.05) is 6.54 Å². The Morgan fingerprint density at radius 2 is 1.82 bits per heavy atom. The Hall–Kier alpha value is -3.42. The van der Waals surface area contributed by atoms with Crippen molar-refractivity contribution in [1.29, 1.82) is 0 Å². The molecule has 0 aliphatic heterocycles. The minimum Gasteiger partial charge on any atom is -0.466 e. The van der Waals surface area contributed by atoms with E-state index in [0.717, 1.165) is 16.9 Å². The average Bonchev–Trinajstić information content (AvgIpc) is 3.25. The van der Waals surface area contributed by atoms with Crippen LogP contribution in [0.15, 0.2) is 33.1 Å². The molecule has 2 heterocycles. The molecular weight excluding hydrogens is 362 g/mol. The molecule has 0 fully saturated rings. The lowest BCUT2D eigenvalue weighted by Gasteiger charge is -2.07. The first-order chi connectivity index (χ1) is 13.3. The second-order valence-electron chi connectivity index (χ2n) is 6.47. The van der Waals surface area contributed by atoms with Crippen LogP contribution in [-0.2, 0) is 16.1 Å². The maximum absolute atomic E-state index is 12.1. The van der Waals surface area contributed by atoms with Gasteiger partial charge in [-0.25, -0.2) is 0 Å². The number of rotatable bonds is 6. The molecule has 8 heteroatoms. The molecule has 1 amide bonds. The Bertz CT molecular complexity index is 1020. The van der Waals surface area contributed by atoms with Gasteiger partial charge in [-0.15, -0.1) is 10.2 Å². The summed E-state index contributed by atoms with van der Waals surface area (Å²) < 4.78 is 16.0. The zero-order chi connectivity index (χ0) is 20.3. The molecule has 3 rings (SSSR count). The van der Waals surface area contributed by atoms with Gasteiger partial charge < -0.3 is 18.9 Å². The van der Waals surface area contributed by atoms with E-state index in [9.17, 15) is 9.59 Å². The third kappa shape index (κ3) is 4.46. The second kappa shape index (κ2) is 8.08. The van der Waals surface area contributed by atoms with Crippen molar-refractivity contribution in [2.45, 2.75) is 34.3 Å². The molecule has 1 aromatic carbocycles. The first kappa shape index (κ1) is 19.3. The van der Waals surface area contributed by atoms with Crippen LogP contribution in [0.5, 0.6) is 0 Å². The first-order valence-corrected chi connectivity index (χ1v) is 8.74. The largest absolute Gasteiger partial charge is 0.466 e. The van der Waals surface area contributed by atoms with Crippen LogP contribution in [0.1, 0.15) is 38.9 Å². The van der Waals surface area contributed by atoms with E-state index in [-0.39, 0.29) is 24.9 Å². The van der Waals surface area contributed by atoms with Gasteiger partial charge >= 0.3 is 5.97 Å². The molecule has 3 aromatic rings. The van der Waals surface area contributed by atoms with E-state index in [0.29, 0.717) is 22.8 Å². The highest BCUT2D eigenvalue weighted by atomic mass is 16.5. The van der Waals surface area contributed by atoms with Crippen molar-refractivity contribution in [3.8, 4) is 11.5 Å². The summed E-state index contributed by atoms with van der Waals surface area (Å²) >= 11 is 0. The molecule has 0 spiro atoms. The third-order valence-electron chi connectivity index (χ3n) is 4.26. The van der Waals surface area contributed by atoms with Crippen LogP contribution >= 0.6 is 0 Å². The lowest BCUT2D eigenvalue weighted by molar-refractivity contribution is -0.144. The van der Waals surface area contributed by atoms with Crippen molar-refractivity contribution in [1.82, 2.24) is 15.5 Å². The quantitative estimate of drug-likeness (QED) is 0.652. The Kier molecular flexibility index (Phi) is 5.58. The van der Waals surface area contributed by atoms with Gasteiger partial charge in [0, 0.05) is 5.56 Å². The van der Waals surface area contributed by atoms with E-state index in [1.807, 2.05) is 26.8 Å². The Balaban J connectivity index is 1.50. The Morgan fingerprint density at radius 3 is 2.50 bits per heavy atom. The topological polar surface area (TPSA) is 107 Å². The van der Waals surface area contributed by atoms with Crippen LogP contribution in [0.25, 0.3) is 11.5 Å². The average molecular weight is 383 g/mol. The van der Waals surface area contributed by atoms with E-state index in [1.165, 1.54) is 0 Å². The molecule has 0 aliphatic carbocycles. The highest BCUT2D eigenvalue weighted by Gasteiger charge is 2.16. The minimum absolute atomic E-state index is 0.155. The molecule has 0 atom stereocenters. The molecule has 2 aromatic heterocycles. The van der Waals surface area contributed by atoms with Crippen molar-refractivity contribution in [3.05, 3.63) is 58.4 Å². The number of nitrogens with zero attached hydrogens (tertiary/aromatic N) is 2. The van der Waals surface area contributed by atoms with Crippen molar-refractivity contribution in [2.24, 2.45) is 0 Å². The fourth-order valence-corrected chi connectivity index (χ4v) is 2.59. The number of aryl methyl sites for hydroxylation is 4. The molecule has 0 saturated carbocycles. The standard InChI is InChI=1S/C20H21N3O5/c1-11-5-6-15(7-12(11)2)19(25)21-9-18(24)26-10-17-22-23-20(28-17)16-8-13(3)27-14(16)4/h5-8H,9-10H2,1-4H3,(H,21,25). The highest BCUT2D eigenvalue weighted by Crippen LogP contribution is 2.25. The van der Waals surface area contributed by atoms with Gasteiger partial charge in [0.2, 0.25) is 0 Å². The van der Waals surface area contributed by atoms with Gasteiger partial charge in [0.15, 0.2) is 6.61 Å². The molecule has 1 N–H and O–H groups in total. The summed E-state index contributed by atoms with van der Waals surface area (Å²) in [7, 11) is 0. The van der Waals surface area contributed by atoms with E-state index in [4.69, 9.17) is 13.6 Å². The number of ether oxygens (including phenoxy) is 1. The predicted octanol–water partition coefficient (Wildman–Crippen LogP) is 3.04. The summed E-state index contributed by atoms with van der Waals surface area (Å²) in [5.41, 5.74) is 3.28. The number of nitrogens with one attached hydrogen (secondary N) is 1. The van der Waals surface area contributed by atoms with Crippen LogP contribution in [0, 0.1) is 27.7 Å². The van der Waals surface area contributed by atoms with Gasteiger partial charge in [0.05, 0.1) is 5.56 Å². The number of aromatic nitrogens is 2. The minimum atomic E-state index is -0.604. The number of hydrogen-bond acceptors (Lipinski definition) is 7. The fraction of sp³-hybridized carbons (Fsp3) is 0.300. The molecular formula is C20H21N3O5. The molecule has 0 unspecified atom stereocenters. The maximum atomic E-state index is 12.1. The summed E-state index contributed by atoms with van der Waals surface area (Å²) in [6.07, 6.45) is 0. The summed E-state index contributed by atoms with van der Waals surface area (Å²) in [6.45, 7) is 7.07. The SMILES string of the molecule is Cc1cc(-c2nnc(COC(=O)CNC(=O)c3ccc(C)c(C)c3)o2)c(C)o1. The van der Waals surface area contributed by atoms with Gasteiger partial charge in [-0.2, -0.15) is 0 Å². The summed E-state index contributed by atoms with van der Waals surface area (Å²) in [4.78, 5) is 24.0. The first-order valence-electron chi connectivity index (χ1n) is 8.74. The number of furan rings is 1. The maximum Gasteiger partial charge on any atom is 0.325 e. The van der Waals surface area contributed by atoms with Crippen molar-refractivity contribution in [3.63, 3.8) is 0 Å². The van der Waals surface area contributed by atoms with E-state index < -0.39 is 5.97 Å². The zero-order valence-corrected chi connectivity index (χ0v) is 16.2. The Labute approximate surface area is 161 Å². The van der Waals surface area contributed by atoms with Crippen LogP contribution in [0.4, 0.5) is 0 Å². The fourth-order valence-electron chi connectivity index (χ4n) is 2.59. The van der Waals surface area contributed by atoms with Crippen LogP contribution < -0.4 is 5.32 Å². The summed E-state index contributed by atoms with van der Waals surface area (Å²) in [6, 6.07) is 7.14. The van der Waals surface area contributed by atoms with Crippen LogP contribution in [-0.4, -0.2) is 28.6 Å². The lowest BCUT2D eigenvalue weighted by Crippen LogP contribution is -2.30. The summed E-state index contributed by atoms with van der Waals surface area (Å²) in [5.74, 6) is 0.903. The van der Waals surface area contributed by atoms with Crippen LogP contribution in [0.2, 0.25) is 0 Å². The van der Waals surface area contributed by atoms with Crippen molar-refractivity contribution < 1.29 is 23.2 Å². The lowest BCUT2D eigenvalue weighted by atomic mass is 10.1. The number of carbonyl (C=O) groups excluding carboxylic acids is 2. The van der Waals surface area contributed by atoms with Gasteiger partial charge in [-0.1, -0.05) is 6.07 Å². The number of esters is 1. The second-order valence-corrected chi connectivity index (χ2v) is 6.47. The van der Waals surface area contributed by atoms with Gasteiger partial charge in [-0.3, -0.25) is 9.59 Å². The van der Waals surface area contributed by atoms with Gasteiger partial charge in [0.1, 0.15) is 18.1 Å². The van der Waals surface area contributed by atoms with Gasteiger partial charge in [-0.05, 0) is 57.0 Å². The number of carbonyl (C=O) groups is 2. The third-order valence-corrected chi connectivity index (χ3v) is 4.26. The molecule has 0 saturated heterocycles. The van der Waals surface area contributed by atoms with Gasteiger partial charge in [0.25, 0.3) is 17.7 Å². The zero-order valence-electron chi connectivity index (χ0n) is 16.2. The number of benzene rings is 1. The van der Waals surface area contributed by atoms with Crippen molar-refractivity contribution >= 4 is 11.9 Å². The Morgan fingerprint density at radius 1 is 1.04 bits per heavy atom. The molecule has 0 bridgehead atoms. The normalized spacial score (nSPS) is 10.7. The van der Waals surface area contributed by atoms with E-state index in [2.05, 4.69) is 15.5 Å². The van der Waals surface area contributed by atoms with E-state index >= 15 is 0 Å². The molecule has 28 heavy (non-hydrogen) atoms. The monoisotopic (exact) mass is 383 g/mol. The molecule has 8 nitrogen and oxygen atoms in total. The highest BCUT2D eigenvalue weighted by molar-refractivity contribution is 5.96. The van der Waals surface area contributed by atoms with Crippen LogP contribution in [0.3, 0.4) is 0 Å². The molecule has 0 aliphatic rings. The smallest absolute Gasteiger partial charge is 0.325 e.